The Balaban J connectivity index is 1.70. The summed E-state index contributed by atoms with van der Waals surface area (Å²) in [6.07, 6.45) is -0.0880. The number of benzene rings is 2. The second-order valence-electron chi connectivity index (χ2n) is 8.41. The van der Waals surface area contributed by atoms with Gasteiger partial charge in [-0.3, -0.25) is 4.79 Å². The molecule has 3 rings (SSSR count). The largest absolute Gasteiger partial charge is 0.493 e. The SMILES string of the molecule is CC(=O)N[C@@H](Cc1cc(F)cc(F)c1)[C@H](O)CN[C@H]1CCOc2ccc(C(C)C)cc21. The van der Waals surface area contributed by atoms with Crippen molar-refractivity contribution in [2.45, 2.75) is 57.7 Å². The van der Waals surface area contributed by atoms with Crippen LogP contribution in [0.25, 0.3) is 0 Å². The van der Waals surface area contributed by atoms with Crippen LogP contribution in [-0.4, -0.2) is 36.3 Å². The van der Waals surface area contributed by atoms with E-state index >= 15 is 0 Å². The number of amides is 1. The summed E-state index contributed by atoms with van der Waals surface area (Å²) in [5.41, 5.74) is 2.63. The maximum atomic E-state index is 13.5. The number of nitrogens with one attached hydrogen (secondary N) is 2. The number of hydrogen-bond acceptors (Lipinski definition) is 4. The normalized spacial score (nSPS) is 17.6. The van der Waals surface area contributed by atoms with Crippen LogP contribution in [0.3, 0.4) is 0 Å². The fourth-order valence-corrected chi connectivity index (χ4v) is 3.92. The summed E-state index contributed by atoms with van der Waals surface area (Å²) in [6.45, 7) is 6.38. The van der Waals surface area contributed by atoms with Crippen molar-refractivity contribution in [3.05, 3.63) is 64.7 Å². The highest BCUT2D eigenvalue weighted by atomic mass is 19.1. The zero-order valence-electron chi connectivity index (χ0n) is 18.1. The monoisotopic (exact) mass is 432 g/mol. The molecule has 0 fully saturated rings. The number of ether oxygens (including phenoxy) is 1. The molecule has 7 heteroatoms. The van der Waals surface area contributed by atoms with Crippen LogP contribution in [0.15, 0.2) is 36.4 Å². The number of carbonyl (C=O) groups is 1. The Bertz CT molecular complexity index is 899. The Morgan fingerprint density at radius 1 is 1.19 bits per heavy atom. The van der Waals surface area contributed by atoms with Gasteiger partial charge in [-0.2, -0.15) is 0 Å². The third-order valence-corrected chi connectivity index (χ3v) is 5.54. The van der Waals surface area contributed by atoms with Crippen molar-refractivity contribution in [2.24, 2.45) is 0 Å². The number of hydrogen-bond donors (Lipinski definition) is 3. The highest BCUT2D eigenvalue weighted by Crippen LogP contribution is 2.34. The molecule has 0 bridgehead atoms. The van der Waals surface area contributed by atoms with Gasteiger partial charge < -0.3 is 20.5 Å². The molecule has 2 aromatic rings. The lowest BCUT2D eigenvalue weighted by Gasteiger charge is -2.30. The summed E-state index contributed by atoms with van der Waals surface area (Å²) in [6, 6.07) is 8.70. The molecule has 1 aliphatic heterocycles. The Morgan fingerprint density at radius 2 is 1.90 bits per heavy atom. The molecule has 5 nitrogen and oxygen atoms in total. The molecule has 3 N–H and O–H groups in total. The third kappa shape index (κ3) is 6.24. The third-order valence-electron chi connectivity index (χ3n) is 5.54. The standard InChI is InChI=1S/C24H30F2N2O3/c1-14(2)17-4-5-24-20(11-17)21(6-7-31-24)27-13-23(30)22(28-15(3)29)10-16-8-18(25)12-19(26)9-16/h4-5,8-9,11-12,14,21-23,27,30H,6-7,10,13H2,1-3H3,(H,28,29)/t21-,22-,23+/m0/s1. The minimum atomic E-state index is -0.949. The van der Waals surface area contributed by atoms with Crippen LogP contribution >= 0.6 is 0 Å². The number of carbonyl (C=O) groups excluding carboxylic acids is 1. The summed E-state index contributed by atoms with van der Waals surface area (Å²) in [5.74, 6) is -0.489. The first-order valence-corrected chi connectivity index (χ1v) is 10.6. The molecular weight excluding hydrogens is 402 g/mol. The number of aliphatic hydroxyl groups is 1. The van der Waals surface area contributed by atoms with Gasteiger partial charge in [-0.25, -0.2) is 8.78 Å². The van der Waals surface area contributed by atoms with Crippen LogP contribution in [0.4, 0.5) is 8.78 Å². The van der Waals surface area contributed by atoms with Gasteiger partial charge in [0.2, 0.25) is 5.91 Å². The predicted octanol–water partition coefficient (Wildman–Crippen LogP) is 3.61. The Kier molecular flexibility index (Phi) is 7.62. The molecule has 168 valence electrons. The number of aliphatic hydroxyl groups excluding tert-OH is 1. The van der Waals surface area contributed by atoms with Gasteiger partial charge in [-0.15, -0.1) is 0 Å². The smallest absolute Gasteiger partial charge is 0.217 e. The first-order chi connectivity index (χ1) is 14.7. The van der Waals surface area contributed by atoms with Crippen molar-refractivity contribution in [3.8, 4) is 5.75 Å². The fraction of sp³-hybridized carbons (Fsp3) is 0.458. The van der Waals surface area contributed by atoms with Crippen molar-refractivity contribution in [2.75, 3.05) is 13.2 Å². The average Bonchev–Trinajstić information content (AvgIpc) is 2.70. The van der Waals surface area contributed by atoms with Gasteiger partial charge >= 0.3 is 0 Å². The highest BCUT2D eigenvalue weighted by Gasteiger charge is 2.26. The number of rotatable bonds is 8. The van der Waals surface area contributed by atoms with Crippen LogP contribution in [0.5, 0.6) is 5.75 Å². The van der Waals surface area contributed by atoms with E-state index in [0.717, 1.165) is 23.8 Å². The molecule has 0 radical (unpaired) electrons. The first kappa shape index (κ1) is 23.2. The summed E-state index contributed by atoms with van der Waals surface area (Å²) in [5, 5.41) is 16.9. The molecule has 1 aliphatic rings. The Morgan fingerprint density at radius 3 is 2.55 bits per heavy atom. The van der Waals surface area contributed by atoms with E-state index in [4.69, 9.17) is 4.74 Å². The second kappa shape index (κ2) is 10.2. The molecule has 31 heavy (non-hydrogen) atoms. The van der Waals surface area contributed by atoms with E-state index < -0.39 is 23.8 Å². The number of halogens is 2. The van der Waals surface area contributed by atoms with Gasteiger partial charge in [0.1, 0.15) is 17.4 Å². The minimum absolute atomic E-state index is 0.00157. The lowest BCUT2D eigenvalue weighted by atomic mass is 9.93. The topological polar surface area (TPSA) is 70.6 Å². The van der Waals surface area contributed by atoms with Gasteiger partial charge in [-0.1, -0.05) is 26.0 Å². The van der Waals surface area contributed by atoms with E-state index in [1.165, 1.54) is 24.6 Å². The van der Waals surface area contributed by atoms with Gasteiger partial charge in [-0.05, 0) is 41.7 Å². The molecule has 0 saturated carbocycles. The van der Waals surface area contributed by atoms with E-state index in [0.29, 0.717) is 18.1 Å². The van der Waals surface area contributed by atoms with E-state index in [-0.39, 0.29) is 24.9 Å². The molecule has 1 heterocycles. The summed E-state index contributed by atoms with van der Waals surface area (Å²) in [7, 11) is 0. The molecule has 0 saturated heterocycles. The molecule has 0 spiro atoms. The van der Waals surface area contributed by atoms with Crippen molar-refractivity contribution < 1.29 is 23.4 Å². The van der Waals surface area contributed by atoms with Crippen molar-refractivity contribution in [1.82, 2.24) is 10.6 Å². The maximum Gasteiger partial charge on any atom is 0.217 e. The zero-order valence-corrected chi connectivity index (χ0v) is 18.1. The van der Waals surface area contributed by atoms with Gasteiger partial charge in [0.25, 0.3) is 0 Å². The fourth-order valence-electron chi connectivity index (χ4n) is 3.92. The van der Waals surface area contributed by atoms with Crippen LogP contribution in [-0.2, 0) is 11.2 Å². The Labute approximate surface area is 181 Å². The van der Waals surface area contributed by atoms with Crippen LogP contribution in [0.1, 0.15) is 55.8 Å². The summed E-state index contributed by atoms with van der Waals surface area (Å²) >= 11 is 0. The van der Waals surface area contributed by atoms with Crippen molar-refractivity contribution >= 4 is 5.91 Å². The van der Waals surface area contributed by atoms with Crippen molar-refractivity contribution in [3.63, 3.8) is 0 Å². The lowest BCUT2D eigenvalue weighted by molar-refractivity contribution is -0.120. The van der Waals surface area contributed by atoms with Crippen LogP contribution in [0.2, 0.25) is 0 Å². The predicted molar refractivity (Wildman–Crippen MR) is 115 cm³/mol. The van der Waals surface area contributed by atoms with E-state index in [1.54, 1.807) is 0 Å². The second-order valence-corrected chi connectivity index (χ2v) is 8.41. The van der Waals surface area contributed by atoms with Gasteiger partial charge in [0.15, 0.2) is 0 Å². The molecule has 0 unspecified atom stereocenters. The number of fused-ring (bicyclic) bond motifs is 1. The van der Waals surface area contributed by atoms with Crippen molar-refractivity contribution in [1.29, 1.82) is 0 Å². The summed E-state index contributed by atoms with van der Waals surface area (Å²) < 4.78 is 32.9. The zero-order chi connectivity index (χ0) is 22.5. The Hall–Kier alpha value is -2.51. The van der Waals surface area contributed by atoms with E-state index in [1.807, 2.05) is 6.07 Å². The first-order valence-electron chi connectivity index (χ1n) is 10.6. The maximum absolute atomic E-state index is 13.5. The molecular formula is C24H30F2N2O3. The molecule has 0 aliphatic carbocycles. The lowest BCUT2D eigenvalue weighted by Crippen LogP contribution is -2.48. The average molecular weight is 433 g/mol. The molecule has 2 aromatic carbocycles. The summed E-state index contributed by atoms with van der Waals surface area (Å²) in [4.78, 5) is 11.6. The van der Waals surface area contributed by atoms with Gasteiger partial charge in [0.05, 0.1) is 18.8 Å². The molecule has 3 atom stereocenters. The molecule has 0 aromatic heterocycles. The molecule has 1 amide bonds. The minimum Gasteiger partial charge on any atom is -0.493 e. The van der Waals surface area contributed by atoms with E-state index in [2.05, 4.69) is 36.6 Å². The van der Waals surface area contributed by atoms with Crippen LogP contribution < -0.4 is 15.4 Å². The van der Waals surface area contributed by atoms with Gasteiger partial charge in [0, 0.05) is 37.6 Å². The highest BCUT2D eigenvalue weighted by molar-refractivity contribution is 5.73. The van der Waals surface area contributed by atoms with Crippen LogP contribution in [0, 0.1) is 11.6 Å². The quantitative estimate of drug-likeness (QED) is 0.596. The van der Waals surface area contributed by atoms with E-state index in [9.17, 15) is 18.7 Å².